The lowest BCUT2D eigenvalue weighted by atomic mass is 9.90. The zero-order chi connectivity index (χ0) is 13.1. The third-order valence-corrected chi connectivity index (χ3v) is 4.17. The van der Waals surface area contributed by atoms with Gasteiger partial charge >= 0.3 is 0 Å². The van der Waals surface area contributed by atoms with Gasteiger partial charge in [-0.2, -0.15) is 0 Å². The molecule has 0 spiro atoms. The zero-order valence-corrected chi connectivity index (χ0v) is 11.7. The van der Waals surface area contributed by atoms with Crippen molar-refractivity contribution in [2.24, 2.45) is 5.92 Å². The molecule has 0 atom stereocenters. The Labute approximate surface area is 115 Å². The molecule has 1 N–H and O–H groups in total. The topological polar surface area (TPSA) is 30.5 Å². The van der Waals surface area contributed by atoms with Crippen LogP contribution >= 0.6 is 0 Å². The van der Waals surface area contributed by atoms with Crippen LogP contribution in [-0.4, -0.2) is 26.8 Å². The smallest absolute Gasteiger partial charge is 0.161 e. The predicted octanol–water partition coefficient (Wildman–Crippen LogP) is 2.95. The molecule has 1 saturated heterocycles. The molecule has 0 amide bonds. The van der Waals surface area contributed by atoms with Crippen molar-refractivity contribution >= 4 is 0 Å². The summed E-state index contributed by atoms with van der Waals surface area (Å²) in [6.45, 7) is 3.08. The molecular formula is C16H23NO2. The third kappa shape index (κ3) is 3.21. The molecule has 1 saturated carbocycles. The molecular weight excluding hydrogens is 238 g/mol. The van der Waals surface area contributed by atoms with Gasteiger partial charge in [0.1, 0.15) is 0 Å². The highest BCUT2D eigenvalue weighted by molar-refractivity contribution is 5.44. The molecule has 0 radical (unpaired) electrons. The van der Waals surface area contributed by atoms with Crippen molar-refractivity contribution in [1.29, 1.82) is 0 Å². The Bertz CT molecular complexity index is 423. The molecule has 19 heavy (non-hydrogen) atoms. The first-order valence-electron chi connectivity index (χ1n) is 7.38. The molecule has 2 fully saturated rings. The van der Waals surface area contributed by atoms with Gasteiger partial charge in [0.05, 0.1) is 13.7 Å². The summed E-state index contributed by atoms with van der Waals surface area (Å²) >= 11 is 0. The van der Waals surface area contributed by atoms with Crippen LogP contribution in [0.15, 0.2) is 18.2 Å². The van der Waals surface area contributed by atoms with Crippen LogP contribution in [0.5, 0.6) is 11.5 Å². The molecule has 0 bridgehead atoms. The van der Waals surface area contributed by atoms with Crippen molar-refractivity contribution in [2.75, 3.05) is 26.8 Å². The van der Waals surface area contributed by atoms with Crippen LogP contribution in [0.2, 0.25) is 0 Å². The predicted molar refractivity (Wildman–Crippen MR) is 76.1 cm³/mol. The van der Waals surface area contributed by atoms with Gasteiger partial charge in [-0.05, 0) is 68.3 Å². The fraction of sp³-hybridized carbons (Fsp3) is 0.625. The van der Waals surface area contributed by atoms with E-state index in [1.807, 2.05) is 0 Å². The lowest BCUT2D eigenvalue weighted by Crippen LogP contribution is -2.26. The van der Waals surface area contributed by atoms with E-state index in [9.17, 15) is 0 Å². The monoisotopic (exact) mass is 261 g/mol. The summed E-state index contributed by atoms with van der Waals surface area (Å²) in [6, 6.07) is 6.44. The fourth-order valence-corrected chi connectivity index (χ4v) is 2.71. The normalized spacial score (nSPS) is 20.3. The Hall–Kier alpha value is -1.22. The summed E-state index contributed by atoms with van der Waals surface area (Å²) in [4.78, 5) is 0. The molecule has 1 heterocycles. The van der Waals surface area contributed by atoms with E-state index in [1.54, 1.807) is 7.11 Å². The van der Waals surface area contributed by atoms with Gasteiger partial charge in [0.15, 0.2) is 11.5 Å². The van der Waals surface area contributed by atoms with Crippen LogP contribution in [0.4, 0.5) is 0 Å². The number of rotatable bonds is 5. The van der Waals surface area contributed by atoms with E-state index in [4.69, 9.17) is 9.47 Å². The Balaban J connectivity index is 1.74. The highest BCUT2D eigenvalue weighted by atomic mass is 16.5. The van der Waals surface area contributed by atoms with E-state index in [0.29, 0.717) is 5.92 Å². The summed E-state index contributed by atoms with van der Waals surface area (Å²) in [5.41, 5.74) is 1.40. The van der Waals surface area contributed by atoms with Crippen molar-refractivity contribution in [3.8, 4) is 11.5 Å². The van der Waals surface area contributed by atoms with Crippen LogP contribution in [-0.2, 0) is 0 Å². The quantitative estimate of drug-likeness (QED) is 0.884. The molecule has 1 aliphatic heterocycles. The summed E-state index contributed by atoms with van der Waals surface area (Å²) < 4.78 is 11.3. The van der Waals surface area contributed by atoms with Gasteiger partial charge in [-0.1, -0.05) is 6.07 Å². The minimum absolute atomic E-state index is 0.662. The Kier molecular flexibility index (Phi) is 3.92. The maximum Gasteiger partial charge on any atom is 0.161 e. The minimum atomic E-state index is 0.662. The van der Waals surface area contributed by atoms with Gasteiger partial charge in [-0.3, -0.25) is 0 Å². The first-order chi connectivity index (χ1) is 9.36. The number of hydrogen-bond acceptors (Lipinski definition) is 3. The molecule has 3 nitrogen and oxygen atoms in total. The highest BCUT2D eigenvalue weighted by Crippen LogP contribution is 2.36. The molecule has 2 aliphatic rings. The van der Waals surface area contributed by atoms with Gasteiger partial charge in [-0.25, -0.2) is 0 Å². The van der Waals surface area contributed by atoms with Crippen molar-refractivity contribution in [2.45, 2.75) is 31.6 Å². The van der Waals surface area contributed by atoms with Crippen LogP contribution in [0, 0.1) is 5.92 Å². The zero-order valence-electron chi connectivity index (χ0n) is 11.7. The molecule has 1 aromatic carbocycles. The number of methoxy groups -OCH3 is 1. The van der Waals surface area contributed by atoms with Crippen LogP contribution in [0.25, 0.3) is 0 Å². The van der Waals surface area contributed by atoms with Gasteiger partial charge < -0.3 is 14.8 Å². The molecule has 3 heteroatoms. The largest absolute Gasteiger partial charge is 0.493 e. The lowest BCUT2D eigenvalue weighted by Gasteiger charge is -2.24. The number of nitrogens with one attached hydrogen (secondary N) is 1. The first-order valence-corrected chi connectivity index (χ1v) is 7.38. The molecule has 1 aromatic rings. The maximum atomic E-state index is 5.94. The van der Waals surface area contributed by atoms with E-state index < -0.39 is 0 Å². The van der Waals surface area contributed by atoms with Gasteiger partial charge in [0.2, 0.25) is 0 Å². The van der Waals surface area contributed by atoms with E-state index in [-0.39, 0.29) is 0 Å². The van der Waals surface area contributed by atoms with E-state index in [2.05, 4.69) is 23.5 Å². The summed E-state index contributed by atoms with van der Waals surface area (Å²) in [6.07, 6.45) is 5.06. The average Bonchev–Trinajstić information content (AvgIpc) is 3.30. The average molecular weight is 261 g/mol. The molecule has 1 aliphatic carbocycles. The maximum absolute atomic E-state index is 5.94. The number of hydrogen-bond donors (Lipinski definition) is 1. The van der Waals surface area contributed by atoms with Gasteiger partial charge in [0, 0.05) is 0 Å². The van der Waals surface area contributed by atoms with Crippen molar-refractivity contribution < 1.29 is 9.47 Å². The standard InChI is InChI=1S/C16H23NO2/c1-18-15-5-4-14(13-6-8-17-9-7-13)10-16(15)19-11-12-2-3-12/h4-5,10,12-13,17H,2-3,6-9,11H2,1H3. The van der Waals surface area contributed by atoms with Gasteiger partial charge in [-0.15, -0.1) is 0 Å². The SMILES string of the molecule is COc1ccc(C2CCNCC2)cc1OCC1CC1. The number of ether oxygens (including phenoxy) is 2. The number of piperidine rings is 1. The third-order valence-electron chi connectivity index (χ3n) is 4.17. The Morgan fingerprint density at radius 2 is 1.89 bits per heavy atom. The van der Waals surface area contributed by atoms with Crippen LogP contribution < -0.4 is 14.8 Å². The number of benzene rings is 1. The van der Waals surface area contributed by atoms with Crippen LogP contribution in [0.3, 0.4) is 0 Å². The summed E-state index contributed by atoms with van der Waals surface area (Å²) in [7, 11) is 1.71. The minimum Gasteiger partial charge on any atom is -0.493 e. The van der Waals surface area contributed by atoms with E-state index in [1.165, 1.54) is 31.2 Å². The molecule has 3 rings (SSSR count). The molecule has 0 unspecified atom stereocenters. The van der Waals surface area contributed by atoms with Crippen molar-refractivity contribution in [3.63, 3.8) is 0 Å². The molecule has 0 aromatic heterocycles. The second kappa shape index (κ2) is 5.83. The first kappa shape index (κ1) is 12.8. The fourth-order valence-electron chi connectivity index (χ4n) is 2.71. The molecule has 104 valence electrons. The second-order valence-corrected chi connectivity index (χ2v) is 5.69. The Morgan fingerprint density at radius 1 is 1.11 bits per heavy atom. The Morgan fingerprint density at radius 3 is 2.58 bits per heavy atom. The highest BCUT2D eigenvalue weighted by Gasteiger charge is 2.23. The lowest BCUT2D eigenvalue weighted by molar-refractivity contribution is 0.279. The summed E-state index contributed by atoms with van der Waals surface area (Å²) in [5.74, 6) is 3.21. The van der Waals surface area contributed by atoms with Gasteiger partial charge in [0.25, 0.3) is 0 Å². The second-order valence-electron chi connectivity index (χ2n) is 5.69. The summed E-state index contributed by atoms with van der Waals surface area (Å²) in [5, 5.41) is 3.41. The van der Waals surface area contributed by atoms with E-state index >= 15 is 0 Å². The van der Waals surface area contributed by atoms with Crippen molar-refractivity contribution in [1.82, 2.24) is 5.32 Å². The van der Waals surface area contributed by atoms with Crippen LogP contribution in [0.1, 0.15) is 37.2 Å². The van der Waals surface area contributed by atoms with Crippen molar-refractivity contribution in [3.05, 3.63) is 23.8 Å². The van der Waals surface area contributed by atoms with E-state index in [0.717, 1.165) is 37.1 Å².